The molecule has 0 aromatic heterocycles. The van der Waals surface area contributed by atoms with Crippen LogP contribution in [0.25, 0.3) is 0 Å². The zero-order valence-corrected chi connectivity index (χ0v) is 10.9. The first-order chi connectivity index (χ1) is 8.77. The molecule has 1 aromatic rings. The van der Waals surface area contributed by atoms with E-state index in [1.807, 2.05) is 35.2 Å². The fourth-order valence-electron chi connectivity index (χ4n) is 2.86. The van der Waals surface area contributed by atoms with Gasteiger partial charge in [-0.2, -0.15) is 0 Å². The molecule has 2 unspecified atom stereocenters. The molecular weight excluding hydrogens is 246 g/mol. The average Bonchev–Trinajstić information content (AvgIpc) is 2.78. The summed E-state index contributed by atoms with van der Waals surface area (Å²) in [7, 11) is 0. The third-order valence-corrected chi connectivity index (χ3v) is 4.65. The second-order valence-corrected chi connectivity index (χ2v) is 5.84. The molecule has 2 heterocycles. The SMILES string of the molecule is O=C1SCCC(=O)N2C1CCC2c1ccccc1. The first kappa shape index (κ1) is 11.8. The van der Waals surface area contributed by atoms with Crippen molar-refractivity contribution in [3.63, 3.8) is 0 Å². The molecule has 0 saturated carbocycles. The molecule has 2 fully saturated rings. The zero-order chi connectivity index (χ0) is 12.5. The van der Waals surface area contributed by atoms with E-state index in [0.29, 0.717) is 12.2 Å². The van der Waals surface area contributed by atoms with Gasteiger partial charge in [-0.05, 0) is 18.4 Å². The summed E-state index contributed by atoms with van der Waals surface area (Å²) in [6.45, 7) is 0. The number of nitrogens with zero attached hydrogens (tertiary/aromatic N) is 1. The van der Waals surface area contributed by atoms with Crippen molar-refractivity contribution in [1.29, 1.82) is 0 Å². The Morgan fingerprint density at radius 1 is 1.06 bits per heavy atom. The minimum absolute atomic E-state index is 0.0892. The van der Waals surface area contributed by atoms with Gasteiger partial charge in [0.25, 0.3) is 0 Å². The Hall–Kier alpha value is -1.29. The summed E-state index contributed by atoms with van der Waals surface area (Å²) in [6.07, 6.45) is 2.18. The summed E-state index contributed by atoms with van der Waals surface area (Å²) in [5.41, 5.74) is 1.15. The predicted octanol–water partition coefficient (Wildman–Crippen LogP) is 2.38. The lowest BCUT2D eigenvalue weighted by molar-refractivity contribution is -0.136. The second-order valence-electron chi connectivity index (χ2n) is 4.74. The number of benzene rings is 1. The predicted molar refractivity (Wildman–Crippen MR) is 71.1 cm³/mol. The molecule has 1 aromatic carbocycles. The Morgan fingerprint density at radius 3 is 2.56 bits per heavy atom. The van der Waals surface area contributed by atoms with Crippen LogP contribution in [0.1, 0.15) is 30.9 Å². The van der Waals surface area contributed by atoms with Crippen molar-refractivity contribution in [1.82, 2.24) is 4.90 Å². The van der Waals surface area contributed by atoms with Crippen LogP contribution in [0.15, 0.2) is 30.3 Å². The fraction of sp³-hybridized carbons (Fsp3) is 0.429. The third-order valence-electron chi connectivity index (χ3n) is 3.69. The van der Waals surface area contributed by atoms with Crippen LogP contribution < -0.4 is 0 Å². The van der Waals surface area contributed by atoms with Crippen molar-refractivity contribution in [2.75, 3.05) is 5.75 Å². The van der Waals surface area contributed by atoms with E-state index < -0.39 is 0 Å². The first-order valence-corrected chi connectivity index (χ1v) is 7.28. The van der Waals surface area contributed by atoms with Gasteiger partial charge in [-0.25, -0.2) is 0 Å². The number of amides is 1. The summed E-state index contributed by atoms with van der Waals surface area (Å²) in [4.78, 5) is 26.0. The molecule has 0 aliphatic carbocycles. The van der Waals surface area contributed by atoms with E-state index in [1.54, 1.807) is 0 Å². The van der Waals surface area contributed by atoms with Crippen LogP contribution >= 0.6 is 11.8 Å². The first-order valence-electron chi connectivity index (χ1n) is 6.30. The van der Waals surface area contributed by atoms with E-state index in [9.17, 15) is 9.59 Å². The van der Waals surface area contributed by atoms with E-state index in [1.165, 1.54) is 11.8 Å². The quantitative estimate of drug-likeness (QED) is 0.779. The average molecular weight is 261 g/mol. The van der Waals surface area contributed by atoms with Gasteiger partial charge in [0.2, 0.25) is 11.0 Å². The number of carbonyl (C=O) groups is 2. The van der Waals surface area contributed by atoms with Crippen LogP contribution in [0.4, 0.5) is 0 Å². The summed E-state index contributed by atoms with van der Waals surface area (Å²) in [5, 5.41) is 0.166. The van der Waals surface area contributed by atoms with Crippen LogP contribution in [0.2, 0.25) is 0 Å². The van der Waals surface area contributed by atoms with E-state index in [4.69, 9.17) is 0 Å². The molecule has 0 bridgehead atoms. The monoisotopic (exact) mass is 261 g/mol. The molecule has 2 aliphatic heterocycles. The van der Waals surface area contributed by atoms with Gasteiger partial charge in [-0.3, -0.25) is 9.59 Å². The summed E-state index contributed by atoms with van der Waals surface area (Å²) < 4.78 is 0. The molecule has 0 spiro atoms. The van der Waals surface area contributed by atoms with Crippen LogP contribution in [-0.2, 0) is 9.59 Å². The molecule has 0 radical (unpaired) electrons. The van der Waals surface area contributed by atoms with Crippen molar-refractivity contribution in [3.05, 3.63) is 35.9 Å². The molecule has 18 heavy (non-hydrogen) atoms. The van der Waals surface area contributed by atoms with E-state index >= 15 is 0 Å². The molecule has 2 saturated heterocycles. The summed E-state index contributed by atoms with van der Waals surface area (Å²) in [6, 6.07) is 9.93. The van der Waals surface area contributed by atoms with Crippen molar-refractivity contribution in [2.24, 2.45) is 0 Å². The van der Waals surface area contributed by atoms with Gasteiger partial charge in [0.15, 0.2) is 0 Å². The number of hydrogen-bond donors (Lipinski definition) is 0. The molecule has 2 aliphatic rings. The van der Waals surface area contributed by atoms with Crippen molar-refractivity contribution >= 4 is 22.8 Å². The molecule has 1 amide bonds. The second kappa shape index (κ2) is 4.76. The van der Waals surface area contributed by atoms with Gasteiger partial charge in [0.1, 0.15) is 6.04 Å². The highest BCUT2D eigenvalue weighted by atomic mass is 32.2. The lowest BCUT2D eigenvalue weighted by Gasteiger charge is -2.28. The maximum atomic E-state index is 12.2. The number of rotatable bonds is 1. The number of thioether (sulfide) groups is 1. The smallest absolute Gasteiger partial charge is 0.224 e. The van der Waals surface area contributed by atoms with Gasteiger partial charge >= 0.3 is 0 Å². The maximum Gasteiger partial charge on any atom is 0.224 e. The molecule has 0 N–H and O–H groups in total. The van der Waals surface area contributed by atoms with Gasteiger partial charge in [-0.15, -0.1) is 0 Å². The summed E-state index contributed by atoms with van der Waals surface area (Å²) >= 11 is 1.31. The van der Waals surface area contributed by atoms with Crippen LogP contribution in [-0.4, -0.2) is 27.7 Å². The lowest BCUT2D eigenvalue weighted by Crippen LogP contribution is -2.39. The van der Waals surface area contributed by atoms with E-state index in [2.05, 4.69) is 0 Å². The molecule has 3 rings (SSSR count). The largest absolute Gasteiger partial charge is 0.325 e. The van der Waals surface area contributed by atoms with Gasteiger partial charge in [0, 0.05) is 12.2 Å². The number of hydrogen-bond acceptors (Lipinski definition) is 3. The Bertz CT molecular complexity index is 474. The molecule has 2 atom stereocenters. The normalized spacial score (nSPS) is 28.1. The summed E-state index contributed by atoms with van der Waals surface area (Å²) in [5.74, 6) is 0.760. The van der Waals surface area contributed by atoms with E-state index in [0.717, 1.165) is 18.4 Å². The molecule has 3 nitrogen and oxygen atoms in total. The topological polar surface area (TPSA) is 37.4 Å². The molecular formula is C14H15NO2S. The van der Waals surface area contributed by atoms with Gasteiger partial charge in [0.05, 0.1) is 6.04 Å². The number of carbonyl (C=O) groups excluding carboxylic acids is 2. The fourth-order valence-corrected chi connectivity index (χ4v) is 3.76. The highest BCUT2D eigenvalue weighted by Crippen LogP contribution is 2.39. The Morgan fingerprint density at radius 2 is 1.78 bits per heavy atom. The number of fused-ring (bicyclic) bond motifs is 1. The van der Waals surface area contributed by atoms with Crippen LogP contribution in [0.5, 0.6) is 0 Å². The van der Waals surface area contributed by atoms with Crippen LogP contribution in [0, 0.1) is 0 Å². The van der Waals surface area contributed by atoms with Crippen LogP contribution in [0.3, 0.4) is 0 Å². The third kappa shape index (κ3) is 1.94. The Labute approximate surface area is 111 Å². The van der Waals surface area contributed by atoms with Crippen molar-refractivity contribution in [3.8, 4) is 0 Å². The Balaban J connectivity index is 1.94. The van der Waals surface area contributed by atoms with Crippen molar-refractivity contribution in [2.45, 2.75) is 31.3 Å². The molecule has 94 valence electrons. The minimum atomic E-state index is -0.199. The standard InChI is InChI=1S/C14H15NO2S/c16-13-8-9-18-14(17)12-7-6-11(15(12)13)10-4-2-1-3-5-10/h1-5,11-12H,6-9H2. The van der Waals surface area contributed by atoms with Crippen molar-refractivity contribution < 1.29 is 9.59 Å². The van der Waals surface area contributed by atoms with E-state index in [-0.39, 0.29) is 23.1 Å². The highest BCUT2D eigenvalue weighted by molar-refractivity contribution is 8.13. The molecule has 4 heteroatoms. The lowest BCUT2D eigenvalue weighted by atomic mass is 10.0. The highest BCUT2D eigenvalue weighted by Gasteiger charge is 2.42. The van der Waals surface area contributed by atoms with Gasteiger partial charge < -0.3 is 4.90 Å². The Kier molecular flexibility index (Phi) is 3.12. The minimum Gasteiger partial charge on any atom is -0.325 e. The zero-order valence-electron chi connectivity index (χ0n) is 10.0. The maximum absolute atomic E-state index is 12.2. The van der Waals surface area contributed by atoms with Gasteiger partial charge in [-0.1, -0.05) is 42.1 Å².